The summed E-state index contributed by atoms with van der Waals surface area (Å²) in [4.78, 5) is 11.7. The molecule has 0 radical (unpaired) electrons. The Labute approximate surface area is 126 Å². The molecule has 2 rings (SSSR count). The van der Waals surface area contributed by atoms with Crippen LogP contribution in [0.5, 0.6) is 0 Å². The highest BCUT2D eigenvalue weighted by molar-refractivity contribution is 8.00. The Bertz CT molecular complexity index is 310. The molecule has 1 atom stereocenters. The molecular formula is C15H27NO3S. The maximum atomic E-state index is 11.7. The average molecular weight is 301 g/mol. The van der Waals surface area contributed by atoms with E-state index in [0.29, 0.717) is 26.0 Å². The zero-order valence-corrected chi connectivity index (χ0v) is 13.2. The highest BCUT2D eigenvalue weighted by atomic mass is 32.2. The second-order valence-electron chi connectivity index (χ2n) is 6.02. The lowest BCUT2D eigenvalue weighted by Gasteiger charge is -2.35. The van der Waals surface area contributed by atoms with Crippen LogP contribution < -0.4 is 5.32 Å². The van der Waals surface area contributed by atoms with Crippen molar-refractivity contribution in [2.45, 2.75) is 56.3 Å². The van der Waals surface area contributed by atoms with Gasteiger partial charge in [-0.2, -0.15) is 11.8 Å². The van der Waals surface area contributed by atoms with E-state index in [-0.39, 0.29) is 11.9 Å². The highest BCUT2D eigenvalue weighted by Crippen LogP contribution is 2.32. The minimum Gasteiger partial charge on any atom is -0.466 e. The van der Waals surface area contributed by atoms with E-state index in [2.05, 4.69) is 5.32 Å². The van der Waals surface area contributed by atoms with E-state index in [1.165, 1.54) is 18.6 Å². The fraction of sp³-hybridized carbons (Fsp3) is 0.933. The summed E-state index contributed by atoms with van der Waals surface area (Å²) < 4.78 is 5.06. The monoisotopic (exact) mass is 301 g/mol. The normalized spacial score (nSPS) is 34.1. The van der Waals surface area contributed by atoms with Crippen LogP contribution in [0.2, 0.25) is 0 Å². The Kier molecular flexibility index (Phi) is 6.18. The van der Waals surface area contributed by atoms with Gasteiger partial charge in [0.25, 0.3) is 0 Å². The summed E-state index contributed by atoms with van der Waals surface area (Å²) in [5, 5.41) is 14.7. The number of carbonyl (C=O) groups is 1. The number of carbonyl (C=O) groups excluding carboxylic acids is 1. The topological polar surface area (TPSA) is 58.6 Å². The van der Waals surface area contributed by atoms with Crippen molar-refractivity contribution in [1.82, 2.24) is 5.32 Å². The molecule has 0 aromatic heterocycles. The first kappa shape index (κ1) is 16.1. The van der Waals surface area contributed by atoms with Crippen LogP contribution >= 0.6 is 11.8 Å². The molecule has 1 heterocycles. The first-order valence-corrected chi connectivity index (χ1v) is 8.89. The molecule has 1 saturated heterocycles. The van der Waals surface area contributed by atoms with Crippen LogP contribution in [0, 0.1) is 5.92 Å². The van der Waals surface area contributed by atoms with Crippen LogP contribution in [0.15, 0.2) is 0 Å². The Morgan fingerprint density at radius 1 is 1.40 bits per heavy atom. The molecule has 4 nitrogen and oxygen atoms in total. The number of hydrogen-bond donors (Lipinski definition) is 2. The maximum Gasteiger partial charge on any atom is 0.308 e. The van der Waals surface area contributed by atoms with E-state index in [4.69, 9.17) is 4.74 Å². The van der Waals surface area contributed by atoms with Crippen LogP contribution in [0.4, 0.5) is 0 Å². The van der Waals surface area contributed by atoms with Crippen LogP contribution in [0.25, 0.3) is 0 Å². The van der Waals surface area contributed by atoms with Gasteiger partial charge < -0.3 is 15.2 Å². The number of hydrogen-bond acceptors (Lipinski definition) is 5. The van der Waals surface area contributed by atoms with Crippen LogP contribution in [0.1, 0.15) is 45.4 Å². The molecule has 0 bridgehead atoms. The average Bonchev–Trinajstić information content (AvgIpc) is 2.93. The number of ether oxygens (including phenoxy) is 1. The van der Waals surface area contributed by atoms with Gasteiger partial charge in [-0.05, 0) is 51.2 Å². The van der Waals surface area contributed by atoms with E-state index in [1.54, 1.807) is 0 Å². The smallest absolute Gasteiger partial charge is 0.308 e. The molecule has 20 heavy (non-hydrogen) atoms. The largest absolute Gasteiger partial charge is 0.466 e. The lowest BCUT2D eigenvalue weighted by Crippen LogP contribution is -2.45. The molecule has 0 aromatic carbocycles. The quantitative estimate of drug-likeness (QED) is 0.735. The second-order valence-corrected chi connectivity index (χ2v) is 7.42. The van der Waals surface area contributed by atoms with Crippen molar-refractivity contribution in [3.8, 4) is 0 Å². The highest BCUT2D eigenvalue weighted by Gasteiger charge is 2.36. The Hall–Kier alpha value is -0.260. The van der Waals surface area contributed by atoms with Crippen molar-refractivity contribution in [2.24, 2.45) is 5.92 Å². The van der Waals surface area contributed by atoms with Crippen molar-refractivity contribution >= 4 is 17.7 Å². The molecule has 5 heteroatoms. The van der Waals surface area contributed by atoms with Gasteiger partial charge in [0.05, 0.1) is 18.1 Å². The summed E-state index contributed by atoms with van der Waals surface area (Å²) in [7, 11) is 0. The molecule has 2 aliphatic rings. The van der Waals surface area contributed by atoms with Gasteiger partial charge in [-0.3, -0.25) is 4.79 Å². The van der Waals surface area contributed by atoms with Gasteiger partial charge in [-0.25, -0.2) is 0 Å². The summed E-state index contributed by atoms with van der Waals surface area (Å²) in [5.74, 6) is 1.17. The van der Waals surface area contributed by atoms with Gasteiger partial charge >= 0.3 is 5.97 Å². The standard InChI is InChI=1S/C15H27NO3S/c1-2-19-14(17)12-5-7-15(18,8-6-12)11-16-10-13-4-3-9-20-13/h12-13,16,18H,2-11H2,1H3. The minimum atomic E-state index is -0.633. The maximum absolute atomic E-state index is 11.7. The third kappa shape index (κ3) is 4.64. The van der Waals surface area contributed by atoms with Crippen molar-refractivity contribution in [3.63, 3.8) is 0 Å². The number of esters is 1. The Balaban J connectivity index is 1.66. The number of rotatable bonds is 6. The molecule has 1 saturated carbocycles. The zero-order valence-electron chi connectivity index (χ0n) is 12.4. The van der Waals surface area contributed by atoms with Crippen molar-refractivity contribution in [1.29, 1.82) is 0 Å². The predicted octanol–water partition coefficient (Wildman–Crippen LogP) is 1.96. The van der Waals surface area contributed by atoms with Crippen molar-refractivity contribution in [2.75, 3.05) is 25.4 Å². The Morgan fingerprint density at radius 3 is 2.75 bits per heavy atom. The van der Waals surface area contributed by atoms with Gasteiger partial charge in [0, 0.05) is 18.3 Å². The fourth-order valence-corrected chi connectivity index (χ4v) is 4.33. The first-order valence-electron chi connectivity index (χ1n) is 7.84. The molecule has 1 unspecified atom stereocenters. The van der Waals surface area contributed by atoms with E-state index in [9.17, 15) is 9.90 Å². The van der Waals surface area contributed by atoms with E-state index >= 15 is 0 Å². The summed E-state index contributed by atoms with van der Waals surface area (Å²) in [6, 6.07) is 0. The molecule has 2 N–H and O–H groups in total. The SMILES string of the molecule is CCOC(=O)C1CCC(O)(CNCC2CCCS2)CC1. The molecule has 0 spiro atoms. The number of thioether (sulfide) groups is 1. The lowest BCUT2D eigenvalue weighted by atomic mass is 9.79. The molecule has 0 aromatic rings. The van der Waals surface area contributed by atoms with Gasteiger partial charge in [0.2, 0.25) is 0 Å². The summed E-state index contributed by atoms with van der Waals surface area (Å²) in [6.07, 6.45) is 5.50. The second kappa shape index (κ2) is 7.66. The summed E-state index contributed by atoms with van der Waals surface area (Å²) in [6.45, 7) is 3.93. The fourth-order valence-electron chi connectivity index (χ4n) is 3.10. The van der Waals surface area contributed by atoms with Gasteiger partial charge in [0.15, 0.2) is 0 Å². The van der Waals surface area contributed by atoms with Gasteiger partial charge in [-0.1, -0.05) is 0 Å². The van der Waals surface area contributed by atoms with Gasteiger partial charge in [-0.15, -0.1) is 0 Å². The third-order valence-corrected chi connectivity index (χ3v) is 5.78. The van der Waals surface area contributed by atoms with E-state index < -0.39 is 5.60 Å². The third-order valence-electron chi connectivity index (χ3n) is 4.39. The molecule has 1 aliphatic heterocycles. The van der Waals surface area contributed by atoms with Crippen LogP contribution in [-0.4, -0.2) is 47.4 Å². The molecule has 0 amide bonds. The lowest BCUT2D eigenvalue weighted by molar-refractivity contribution is -0.151. The van der Waals surface area contributed by atoms with Crippen LogP contribution in [0.3, 0.4) is 0 Å². The first-order chi connectivity index (χ1) is 9.63. The summed E-state index contributed by atoms with van der Waals surface area (Å²) in [5.41, 5.74) is -0.633. The minimum absolute atomic E-state index is 0.0133. The molecule has 1 aliphatic carbocycles. The summed E-state index contributed by atoms with van der Waals surface area (Å²) >= 11 is 2.03. The number of aliphatic hydroxyl groups is 1. The molecule has 116 valence electrons. The van der Waals surface area contributed by atoms with Crippen molar-refractivity contribution < 1.29 is 14.6 Å². The zero-order chi connectivity index (χ0) is 14.4. The van der Waals surface area contributed by atoms with E-state index in [0.717, 1.165) is 24.6 Å². The van der Waals surface area contributed by atoms with Crippen LogP contribution in [-0.2, 0) is 9.53 Å². The number of nitrogens with one attached hydrogen (secondary N) is 1. The molecular weight excluding hydrogens is 274 g/mol. The van der Waals surface area contributed by atoms with Gasteiger partial charge in [0.1, 0.15) is 0 Å². The molecule has 2 fully saturated rings. The Morgan fingerprint density at radius 2 is 2.15 bits per heavy atom. The predicted molar refractivity (Wildman–Crippen MR) is 81.9 cm³/mol. The van der Waals surface area contributed by atoms with Crippen molar-refractivity contribution in [3.05, 3.63) is 0 Å². The van der Waals surface area contributed by atoms with E-state index in [1.807, 2.05) is 18.7 Å².